The molecular formula is C24H27NO2. The summed E-state index contributed by atoms with van der Waals surface area (Å²) in [6, 6.07) is 12.5. The maximum atomic E-state index is 5.67. The molecule has 0 aliphatic carbocycles. The molecule has 0 atom stereocenters. The van der Waals surface area contributed by atoms with Gasteiger partial charge in [-0.25, -0.2) is 0 Å². The molecule has 3 rings (SSSR count). The molecule has 0 bridgehead atoms. The number of hydrogen-bond acceptors (Lipinski definition) is 3. The van der Waals surface area contributed by atoms with E-state index in [1.807, 2.05) is 6.92 Å². The number of hydrogen-bond donors (Lipinski definition) is 0. The van der Waals surface area contributed by atoms with Crippen molar-refractivity contribution in [2.24, 2.45) is 4.99 Å². The van der Waals surface area contributed by atoms with Gasteiger partial charge in [0.15, 0.2) is 6.79 Å². The lowest BCUT2D eigenvalue weighted by molar-refractivity contribution is -0.0163. The van der Waals surface area contributed by atoms with E-state index in [9.17, 15) is 0 Å². The van der Waals surface area contributed by atoms with Crippen molar-refractivity contribution in [1.29, 1.82) is 0 Å². The van der Waals surface area contributed by atoms with Crippen molar-refractivity contribution in [3.05, 3.63) is 81.9 Å². The van der Waals surface area contributed by atoms with Gasteiger partial charge in [-0.05, 0) is 57.4 Å². The van der Waals surface area contributed by atoms with Crippen LogP contribution in [0.5, 0.6) is 5.75 Å². The van der Waals surface area contributed by atoms with Crippen LogP contribution in [0.2, 0.25) is 0 Å². The SMILES string of the molecule is C=C(C)/C(C)=C(\N=C(C)c1c(C)cccc1C)c1ccc2c(c1)OCOC2. The molecule has 1 heterocycles. The van der Waals surface area contributed by atoms with E-state index < -0.39 is 0 Å². The second-order valence-corrected chi connectivity index (χ2v) is 7.15. The number of aryl methyl sites for hydroxylation is 2. The van der Waals surface area contributed by atoms with Crippen LogP contribution in [0, 0.1) is 13.8 Å². The van der Waals surface area contributed by atoms with Gasteiger partial charge in [0.25, 0.3) is 0 Å². The minimum absolute atomic E-state index is 0.291. The molecule has 3 heteroatoms. The average Bonchev–Trinajstić information content (AvgIpc) is 2.65. The van der Waals surface area contributed by atoms with Crippen LogP contribution >= 0.6 is 0 Å². The fourth-order valence-corrected chi connectivity index (χ4v) is 3.39. The number of nitrogens with zero attached hydrogens (tertiary/aromatic N) is 1. The normalized spacial score (nSPS) is 14.9. The maximum absolute atomic E-state index is 5.67. The molecule has 0 radical (unpaired) electrons. The third-order valence-corrected chi connectivity index (χ3v) is 5.01. The molecule has 0 aromatic heterocycles. The zero-order valence-corrected chi connectivity index (χ0v) is 16.8. The van der Waals surface area contributed by atoms with Crippen LogP contribution in [-0.2, 0) is 11.3 Å². The van der Waals surface area contributed by atoms with E-state index in [0.717, 1.165) is 39.4 Å². The van der Waals surface area contributed by atoms with Crippen LogP contribution in [0.15, 0.2) is 59.1 Å². The van der Waals surface area contributed by atoms with E-state index in [0.29, 0.717) is 13.4 Å². The quantitative estimate of drug-likeness (QED) is 0.495. The first kappa shape index (κ1) is 19.1. The van der Waals surface area contributed by atoms with Gasteiger partial charge in [-0.1, -0.05) is 42.5 Å². The number of rotatable bonds is 4. The first-order valence-electron chi connectivity index (χ1n) is 9.21. The molecule has 0 fully saturated rings. The minimum atomic E-state index is 0.291. The summed E-state index contributed by atoms with van der Waals surface area (Å²) in [7, 11) is 0. The van der Waals surface area contributed by atoms with Crippen LogP contribution in [0.25, 0.3) is 5.70 Å². The lowest BCUT2D eigenvalue weighted by Crippen LogP contribution is -2.11. The molecule has 0 saturated heterocycles. The number of ether oxygens (including phenoxy) is 2. The van der Waals surface area contributed by atoms with Crippen molar-refractivity contribution in [2.75, 3.05) is 6.79 Å². The molecule has 2 aromatic carbocycles. The van der Waals surface area contributed by atoms with Gasteiger partial charge in [0.05, 0.1) is 12.3 Å². The van der Waals surface area contributed by atoms with Crippen LogP contribution in [-0.4, -0.2) is 12.5 Å². The lowest BCUT2D eigenvalue weighted by atomic mass is 9.98. The Morgan fingerprint density at radius 1 is 1.04 bits per heavy atom. The zero-order valence-electron chi connectivity index (χ0n) is 16.8. The van der Waals surface area contributed by atoms with Gasteiger partial charge >= 0.3 is 0 Å². The summed E-state index contributed by atoms with van der Waals surface area (Å²) in [4.78, 5) is 5.06. The van der Waals surface area contributed by atoms with E-state index in [4.69, 9.17) is 14.5 Å². The molecule has 0 amide bonds. The standard InChI is InChI=1S/C24H27NO2/c1-15(2)18(5)24(20-10-11-21-13-26-14-27-22(21)12-20)25-19(6)23-16(3)8-7-9-17(23)4/h7-12H,1,13-14H2,2-6H3/b24-18-,25-19?. The van der Waals surface area contributed by atoms with E-state index in [1.54, 1.807) is 0 Å². The van der Waals surface area contributed by atoms with Crippen LogP contribution in [0.4, 0.5) is 0 Å². The van der Waals surface area contributed by atoms with Gasteiger partial charge in [-0.15, -0.1) is 0 Å². The Labute approximate surface area is 162 Å². The highest BCUT2D eigenvalue weighted by molar-refractivity contribution is 6.04. The molecule has 0 N–H and O–H groups in total. The Morgan fingerprint density at radius 3 is 2.41 bits per heavy atom. The molecule has 0 unspecified atom stereocenters. The summed E-state index contributed by atoms with van der Waals surface area (Å²) in [6.07, 6.45) is 0. The van der Waals surface area contributed by atoms with Gasteiger partial charge in [0, 0.05) is 22.4 Å². The van der Waals surface area contributed by atoms with Gasteiger partial charge < -0.3 is 9.47 Å². The Kier molecular flexibility index (Phi) is 5.62. The molecule has 0 saturated carbocycles. The smallest absolute Gasteiger partial charge is 0.189 e. The molecule has 27 heavy (non-hydrogen) atoms. The Bertz CT molecular complexity index is 931. The largest absolute Gasteiger partial charge is 0.467 e. The van der Waals surface area contributed by atoms with E-state index >= 15 is 0 Å². The van der Waals surface area contributed by atoms with Gasteiger partial charge in [-0.3, -0.25) is 4.99 Å². The van der Waals surface area contributed by atoms with E-state index in [2.05, 4.69) is 70.7 Å². The summed E-state index contributed by atoms with van der Waals surface area (Å²) in [6.45, 7) is 15.4. The lowest BCUT2D eigenvalue weighted by Gasteiger charge is -2.19. The number of allylic oxidation sites excluding steroid dienone is 2. The van der Waals surface area contributed by atoms with Gasteiger partial charge in [0.1, 0.15) is 5.75 Å². The summed E-state index contributed by atoms with van der Waals surface area (Å²) >= 11 is 0. The molecule has 140 valence electrons. The van der Waals surface area contributed by atoms with Gasteiger partial charge in [-0.2, -0.15) is 0 Å². The predicted molar refractivity (Wildman–Crippen MR) is 112 cm³/mol. The fraction of sp³-hybridized carbons (Fsp3) is 0.292. The predicted octanol–water partition coefficient (Wildman–Crippen LogP) is 5.99. The Balaban J connectivity index is 2.14. The number of aliphatic imine (C=N–C) groups is 1. The first-order valence-corrected chi connectivity index (χ1v) is 9.21. The number of fused-ring (bicyclic) bond motifs is 1. The highest BCUT2D eigenvalue weighted by Crippen LogP contribution is 2.32. The number of benzene rings is 2. The topological polar surface area (TPSA) is 30.8 Å². The minimum Gasteiger partial charge on any atom is -0.467 e. The first-order chi connectivity index (χ1) is 12.9. The molecular weight excluding hydrogens is 334 g/mol. The zero-order chi connectivity index (χ0) is 19.6. The fourth-order valence-electron chi connectivity index (χ4n) is 3.39. The summed E-state index contributed by atoms with van der Waals surface area (Å²) in [5, 5.41) is 0. The maximum Gasteiger partial charge on any atom is 0.189 e. The van der Waals surface area contributed by atoms with E-state index in [-0.39, 0.29) is 0 Å². The van der Waals surface area contributed by atoms with Crippen molar-refractivity contribution in [1.82, 2.24) is 0 Å². The molecule has 1 aliphatic rings. The second-order valence-electron chi connectivity index (χ2n) is 7.15. The van der Waals surface area contributed by atoms with Crippen molar-refractivity contribution < 1.29 is 9.47 Å². The van der Waals surface area contributed by atoms with Crippen LogP contribution in [0.1, 0.15) is 48.6 Å². The average molecular weight is 361 g/mol. The monoisotopic (exact) mass is 361 g/mol. The van der Waals surface area contributed by atoms with Crippen molar-refractivity contribution in [3.8, 4) is 5.75 Å². The van der Waals surface area contributed by atoms with Crippen molar-refractivity contribution in [3.63, 3.8) is 0 Å². The van der Waals surface area contributed by atoms with Gasteiger partial charge in [0.2, 0.25) is 0 Å². The summed E-state index contributed by atoms with van der Waals surface area (Å²) in [5.74, 6) is 0.866. The van der Waals surface area contributed by atoms with Crippen LogP contribution in [0.3, 0.4) is 0 Å². The van der Waals surface area contributed by atoms with Crippen molar-refractivity contribution >= 4 is 11.4 Å². The van der Waals surface area contributed by atoms with Crippen molar-refractivity contribution in [2.45, 2.75) is 41.2 Å². The molecule has 2 aromatic rings. The molecule has 1 aliphatic heterocycles. The summed E-state index contributed by atoms with van der Waals surface area (Å²) < 4.78 is 11.0. The Hall–Kier alpha value is -2.65. The highest BCUT2D eigenvalue weighted by Gasteiger charge is 2.15. The molecule has 3 nitrogen and oxygen atoms in total. The highest BCUT2D eigenvalue weighted by atomic mass is 16.7. The van der Waals surface area contributed by atoms with Crippen LogP contribution < -0.4 is 4.74 Å². The third-order valence-electron chi connectivity index (χ3n) is 5.01. The van der Waals surface area contributed by atoms with E-state index in [1.165, 1.54) is 16.7 Å². The molecule has 0 spiro atoms. The third kappa shape index (κ3) is 4.04. The second kappa shape index (κ2) is 7.93. The summed E-state index contributed by atoms with van der Waals surface area (Å²) in [5.41, 5.74) is 9.77. The Morgan fingerprint density at radius 2 is 1.74 bits per heavy atom.